The summed E-state index contributed by atoms with van der Waals surface area (Å²) in [6.07, 6.45) is 3.60. The fourth-order valence-corrected chi connectivity index (χ4v) is 3.71. The molecule has 0 heterocycles. The van der Waals surface area contributed by atoms with Crippen LogP contribution in [0.1, 0.15) is 31.7 Å². The maximum Gasteiger partial charge on any atom is 0.224 e. The number of para-hydroxylation sites is 1. The summed E-state index contributed by atoms with van der Waals surface area (Å²) in [5, 5.41) is 13.4. The molecule has 0 spiro atoms. The molecule has 1 amide bonds. The van der Waals surface area contributed by atoms with E-state index in [1.54, 1.807) is 18.2 Å². The number of carbonyl (C=O) groups is 1. The molecule has 4 heteroatoms. The van der Waals surface area contributed by atoms with Crippen LogP contribution in [-0.2, 0) is 11.2 Å². The maximum absolute atomic E-state index is 12.0. The van der Waals surface area contributed by atoms with Crippen LogP contribution >= 0.6 is 11.8 Å². The second kappa shape index (κ2) is 6.85. The molecule has 1 aromatic carbocycles. The second-order valence-corrected chi connectivity index (χ2v) is 6.54. The summed E-state index contributed by atoms with van der Waals surface area (Å²) in [6.45, 7) is 2.18. The third-order valence-electron chi connectivity index (χ3n) is 3.49. The van der Waals surface area contributed by atoms with E-state index in [4.69, 9.17) is 0 Å². The molecule has 1 aliphatic rings. The molecular formula is C15H21NO2S. The summed E-state index contributed by atoms with van der Waals surface area (Å²) in [5.41, 5.74) is 0.692. The monoisotopic (exact) mass is 279 g/mol. The summed E-state index contributed by atoms with van der Waals surface area (Å²) in [5.74, 6) is 1.35. The Bertz CT molecular complexity index is 436. The van der Waals surface area contributed by atoms with E-state index in [0.29, 0.717) is 16.9 Å². The number of aromatic hydroxyl groups is 1. The minimum Gasteiger partial charge on any atom is -0.508 e. The Morgan fingerprint density at radius 2 is 2.21 bits per heavy atom. The van der Waals surface area contributed by atoms with Gasteiger partial charge in [-0.3, -0.25) is 4.79 Å². The second-order valence-electron chi connectivity index (χ2n) is 4.96. The lowest BCUT2D eigenvalue weighted by Crippen LogP contribution is -2.34. The van der Waals surface area contributed by atoms with E-state index in [0.717, 1.165) is 18.6 Å². The van der Waals surface area contributed by atoms with Crippen LogP contribution in [0.5, 0.6) is 5.75 Å². The van der Waals surface area contributed by atoms with Crippen LogP contribution in [0.15, 0.2) is 24.3 Å². The molecule has 0 aromatic heterocycles. The molecule has 1 saturated carbocycles. The topological polar surface area (TPSA) is 49.3 Å². The highest BCUT2D eigenvalue weighted by molar-refractivity contribution is 7.99. The summed E-state index contributed by atoms with van der Waals surface area (Å²) in [4.78, 5) is 12.0. The zero-order valence-corrected chi connectivity index (χ0v) is 12.1. The predicted molar refractivity (Wildman–Crippen MR) is 79.5 cm³/mol. The molecule has 3 nitrogen and oxygen atoms in total. The fraction of sp³-hybridized carbons (Fsp3) is 0.533. The van der Waals surface area contributed by atoms with Crippen LogP contribution in [0.3, 0.4) is 0 Å². The lowest BCUT2D eigenvalue weighted by atomic mass is 10.1. The molecule has 104 valence electrons. The number of carbonyl (C=O) groups excluding carboxylic acids is 1. The summed E-state index contributed by atoms with van der Waals surface area (Å²) < 4.78 is 0. The highest BCUT2D eigenvalue weighted by Crippen LogP contribution is 2.29. The average Bonchev–Trinajstić information content (AvgIpc) is 2.80. The molecule has 1 aliphatic carbocycles. The number of hydrogen-bond donors (Lipinski definition) is 2. The number of benzene rings is 1. The van der Waals surface area contributed by atoms with Crippen molar-refractivity contribution in [3.63, 3.8) is 0 Å². The van der Waals surface area contributed by atoms with E-state index in [1.165, 1.54) is 6.42 Å². The highest BCUT2D eigenvalue weighted by atomic mass is 32.2. The van der Waals surface area contributed by atoms with Gasteiger partial charge < -0.3 is 10.4 Å². The summed E-state index contributed by atoms with van der Waals surface area (Å²) in [6, 6.07) is 7.32. The Balaban J connectivity index is 1.81. The predicted octanol–water partition coefficient (Wildman–Crippen LogP) is 2.73. The van der Waals surface area contributed by atoms with E-state index in [1.807, 2.05) is 17.8 Å². The van der Waals surface area contributed by atoms with E-state index in [2.05, 4.69) is 12.2 Å². The third kappa shape index (κ3) is 4.16. The number of phenolic OH excluding ortho intramolecular Hbond substituents is 1. The standard InChI is InChI=1S/C15H21NO2S/c1-2-19-13-8-7-12(10-13)16-15(18)9-11-5-3-4-6-14(11)17/h3-6,12-13,17H,2,7-10H2,1H3,(H,16,18)/t12-,13-/m0/s1. The maximum atomic E-state index is 12.0. The van der Waals surface area contributed by atoms with Crippen LogP contribution in [-0.4, -0.2) is 28.1 Å². The van der Waals surface area contributed by atoms with Gasteiger partial charge in [-0.2, -0.15) is 11.8 Å². The Morgan fingerprint density at radius 1 is 1.42 bits per heavy atom. The van der Waals surface area contributed by atoms with Gasteiger partial charge in [-0.1, -0.05) is 25.1 Å². The van der Waals surface area contributed by atoms with Gasteiger partial charge in [0.1, 0.15) is 5.75 Å². The lowest BCUT2D eigenvalue weighted by Gasteiger charge is -2.13. The van der Waals surface area contributed by atoms with Crippen molar-refractivity contribution in [1.29, 1.82) is 0 Å². The van der Waals surface area contributed by atoms with Crippen LogP contribution in [0.4, 0.5) is 0 Å². The molecule has 0 saturated heterocycles. The Morgan fingerprint density at radius 3 is 2.95 bits per heavy atom. The van der Waals surface area contributed by atoms with Gasteiger partial charge in [0.2, 0.25) is 5.91 Å². The minimum absolute atomic E-state index is 0.00801. The van der Waals surface area contributed by atoms with E-state index >= 15 is 0 Å². The van der Waals surface area contributed by atoms with E-state index < -0.39 is 0 Å². The number of rotatable bonds is 5. The SMILES string of the molecule is CCS[C@H]1CC[C@H](NC(=O)Cc2ccccc2O)C1. The van der Waals surface area contributed by atoms with Gasteiger partial charge >= 0.3 is 0 Å². The van der Waals surface area contributed by atoms with E-state index in [-0.39, 0.29) is 18.1 Å². The van der Waals surface area contributed by atoms with Crippen molar-refractivity contribution in [3.8, 4) is 5.75 Å². The number of phenols is 1. The highest BCUT2D eigenvalue weighted by Gasteiger charge is 2.25. The van der Waals surface area contributed by atoms with Crippen molar-refractivity contribution >= 4 is 17.7 Å². The minimum atomic E-state index is 0.00801. The molecule has 19 heavy (non-hydrogen) atoms. The molecular weight excluding hydrogens is 258 g/mol. The average molecular weight is 279 g/mol. The van der Waals surface area contributed by atoms with E-state index in [9.17, 15) is 9.90 Å². The van der Waals surface area contributed by atoms with Crippen molar-refractivity contribution in [2.75, 3.05) is 5.75 Å². The van der Waals surface area contributed by atoms with Crippen molar-refractivity contribution in [1.82, 2.24) is 5.32 Å². The molecule has 1 aromatic rings. The smallest absolute Gasteiger partial charge is 0.224 e. The zero-order chi connectivity index (χ0) is 13.7. The lowest BCUT2D eigenvalue weighted by molar-refractivity contribution is -0.121. The Labute approximate surface area is 118 Å². The first kappa shape index (κ1) is 14.3. The van der Waals surface area contributed by atoms with Gasteiger partial charge in [0.25, 0.3) is 0 Å². The van der Waals surface area contributed by atoms with Crippen LogP contribution in [0.25, 0.3) is 0 Å². The van der Waals surface area contributed by atoms with Gasteiger partial charge in [0, 0.05) is 16.9 Å². The molecule has 0 radical (unpaired) electrons. The molecule has 0 bridgehead atoms. The van der Waals surface area contributed by atoms with Crippen molar-refractivity contribution in [2.45, 2.75) is 43.9 Å². The molecule has 0 unspecified atom stereocenters. The zero-order valence-electron chi connectivity index (χ0n) is 11.3. The first-order chi connectivity index (χ1) is 9.19. The Kier molecular flexibility index (Phi) is 5.14. The van der Waals surface area contributed by atoms with Gasteiger partial charge in [0.05, 0.1) is 6.42 Å². The van der Waals surface area contributed by atoms with Crippen molar-refractivity contribution in [2.24, 2.45) is 0 Å². The van der Waals surface area contributed by atoms with Crippen molar-refractivity contribution < 1.29 is 9.90 Å². The summed E-state index contributed by atoms with van der Waals surface area (Å²) in [7, 11) is 0. The number of nitrogens with one attached hydrogen (secondary N) is 1. The first-order valence-electron chi connectivity index (χ1n) is 6.87. The van der Waals surface area contributed by atoms with Crippen LogP contribution in [0, 0.1) is 0 Å². The van der Waals surface area contributed by atoms with Gasteiger partial charge in [-0.05, 0) is 31.1 Å². The van der Waals surface area contributed by atoms with Gasteiger partial charge in [0.15, 0.2) is 0 Å². The quantitative estimate of drug-likeness (QED) is 0.871. The summed E-state index contributed by atoms with van der Waals surface area (Å²) >= 11 is 1.98. The normalized spacial score (nSPS) is 22.4. The number of hydrogen-bond acceptors (Lipinski definition) is 3. The fourth-order valence-electron chi connectivity index (χ4n) is 2.57. The van der Waals surface area contributed by atoms with Crippen molar-refractivity contribution in [3.05, 3.63) is 29.8 Å². The number of amides is 1. The molecule has 2 rings (SSSR count). The third-order valence-corrected chi connectivity index (χ3v) is 4.73. The van der Waals surface area contributed by atoms with Gasteiger partial charge in [-0.25, -0.2) is 0 Å². The van der Waals surface area contributed by atoms with Gasteiger partial charge in [-0.15, -0.1) is 0 Å². The Hall–Kier alpha value is -1.16. The molecule has 0 aliphatic heterocycles. The van der Waals surface area contributed by atoms with Crippen LogP contribution < -0.4 is 5.32 Å². The molecule has 2 N–H and O–H groups in total. The van der Waals surface area contributed by atoms with Crippen LogP contribution in [0.2, 0.25) is 0 Å². The first-order valence-corrected chi connectivity index (χ1v) is 7.91. The largest absolute Gasteiger partial charge is 0.508 e. The molecule has 2 atom stereocenters. The molecule has 1 fully saturated rings. The number of thioether (sulfide) groups is 1.